The van der Waals surface area contributed by atoms with Crippen LogP contribution >= 0.6 is 11.6 Å². The lowest BCUT2D eigenvalue weighted by Gasteiger charge is -2.41. The van der Waals surface area contributed by atoms with Crippen molar-refractivity contribution in [2.45, 2.75) is 108 Å². The Bertz CT molecular complexity index is 813. The zero-order valence-corrected chi connectivity index (χ0v) is 21.8. The van der Waals surface area contributed by atoms with Gasteiger partial charge in [0.05, 0.1) is 0 Å². The number of halogens is 5. The SMILES string of the molecule is C/C=C/CCC1CCC(C2CCC(C3CCC(c4cc(F)c(C(F)(F)Cl)c(F)c4)CC3)CC2)CC1. The molecule has 0 amide bonds. The molecule has 0 spiro atoms. The van der Waals surface area contributed by atoms with Gasteiger partial charge < -0.3 is 0 Å². The molecule has 4 rings (SSSR count). The number of allylic oxidation sites excluding steroid dienone is 2. The van der Waals surface area contributed by atoms with Gasteiger partial charge in [-0.25, -0.2) is 8.78 Å². The molecule has 196 valence electrons. The Kier molecular flexibility index (Phi) is 9.27. The van der Waals surface area contributed by atoms with E-state index in [1.165, 1.54) is 64.2 Å². The van der Waals surface area contributed by atoms with Gasteiger partial charge in [-0.15, -0.1) is 0 Å². The van der Waals surface area contributed by atoms with Crippen molar-refractivity contribution < 1.29 is 17.6 Å². The van der Waals surface area contributed by atoms with Crippen molar-refractivity contribution >= 4 is 11.6 Å². The molecule has 0 atom stereocenters. The van der Waals surface area contributed by atoms with Crippen LogP contribution in [0.4, 0.5) is 17.6 Å². The van der Waals surface area contributed by atoms with Crippen molar-refractivity contribution in [3.05, 3.63) is 47.0 Å². The lowest BCUT2D eigenvalue weighted by Crippen LogP contribution is -2.29. The summed E-state index contributed by atoms with van der Waals surface area (Å²) in [6, 6.07) is 2.14. The van der Waals surface area contributed by atoms with Crippen LogP contribution in [0.2, 0.25) is 0 Å². The summed E-state index contributed by atoms with van der Waals surface area (Å²) < 4.78 is 55.0. The van der Waals surface area contributed by atoms with Gasteiger partial charge in [-0.05, 0) is 149 Å². The van der Waals surface area contributed by atoms with E-state index in [4.69, 9.17) is 11.6 Å². The Hall–Kier alpha value is -1.03. The van der Waals surface area contributed by atoms with Crippen LogP contribution in [0.3, 0.4) is 0 Å². The summed E-state index contributed by atoms with van der Waals surface area (Å²) in [6.45, 7) is 2.11. The molecule has 5 heteroatoms. The lowest BCUT2D eigenvalue weighted by molar-refractivity contribution is 0.0857. The van der Waals surface area contributed by atoms with Gasteiger partial charge >= 0.3 is 5.38 Å². The predicted octanol–water partition coefficient (Wildman–Crippen LogP) is 10.5. The molecule has 0 N–H and O–H groups in total. The number of benzene rings is 1. The fourth-order valence-electron chi connectivity index (χ4n) is 7.56. The van der Waals surface area contributed by atoms with Gasteiger partial charge in [0.15, 0.2) is 0 Å². The molecule has 3 aliphatic carbocycles. The highest BCUT2D eigenvalue weighted by atomic mass is 35.5. The molecule has 1 aromatic carbocycles. The molecule has 0 unspecified atom stereocenters. The highest BCUT2D eigenvalue weighted by molar-refractivity contribution is 6.21. The first-order valence-corrected chi connectivity index (χ1v) is 14.3. The summed E-state index contributed by atoms with van der Waals surface area (Å²) in [5.41, 5.74) is -0.844. The molecule has 1 aromatic rings. The highest BCUT2D eigenvalue weighted by Crippen LogP contribution is 2.48. The van der Waals surface area contributed by atoms with Gasteiger partial charge in [-0.2, -0.15) is 8.78 Å². The smallest absolute Gasteiger partial charge is 0.206 e. The maximum Gasteiger partial charge on any atom is 0.353 e. The van der Waals surface area contributed by atoms with Crippen molar-refractivity contribution in [2.75, 3.05) is 0 Å². The van der Waals surface area contributed by atoms with E-state index in [9.17, 15) is 17.6 Å². The second kappa shape index (κ2) is 12.0. The van der Waals surface area contributed by atoms with Crippen molar-refractivity contribution in [2.24, 2.45) is 29.6 Å². The number of alkyl halides is 3. The number of hydrogen-bond donors (Lipinski definition) is 0. The standard InChI is InChI=1S/C30H41ClF4/c1-2-3-4-5-20-6-8-21(9-7-20)22-10-12-23(13-11-22)24-14-16-25(17-15-24)26-18-27(32)29(28(33)19-26)30(31,34)35/h2-3,18-25H,4-17H2,1H3/b3-2+. The molecule has 0 heterocycles. The Morgan fingerprint density at radius 2 is 1.20 bits per heavy atom. The normalized spacial score (nSPS) is 32.7. The van der Waals surface area contributed by atoms with Crippen LogP contribution in [0.25, 0.3) is 0 Å². The first-order valence-electron chi connectivity index (χ1n) is 13.9. The zero-order chi connectivity index (χ0) is 25.0. The van der Waals surface area contributed by atoms with E-state index in [-0.39, 0.29) is 5.92 Å². The van der Waals surface area contributed by atoms with E-state index in [0.29, 0.717) is 11.5 Å². The van der Waals surface area contributed by atoms with E-state index < -0.39 is 22.6 Å². The fourth-order valence-corrected chi connectivity index (χ4v) is 7.74. The second-order valence-electron chi connectivity index (χ2n) is 11.6. The summed E-state index contributed by atoms with van der Waals surface area (Å²) in [7, 11) is 0. The molecule has 0 aromatic heterocycles. The Morgan fingerprint density at radius 1 is 0.771 bits per heavy atom. The van der Waals surface area contributed by atoms with Crippen LogP contribution in [-0.2, 0) is 5.38 Å². The maximum absolute atomic E-state index is 14.2. The van der Waals surface area contributed by atoms with Gasteiger partial charge in [0.2, 0.25) is 0 Å². The molecule has 0 nitrogen and oxygen atoms in total. The molecular weight excluding hydrogens is 472 g/mol. The van der Waals surface area contributed by atoms with Gasteiger partial charge in [0.25, 0.3) is 0 Å². The highest BCUT2D eigenvalue weighted by Gasteiger charge is 2.38. The van der Waals surface area contributed by atoms with Gasteiger partial charge in [-0.3, -0.25) is 0 Å². The predicted molar refractivity (Wildman–Crippen MR) is 136 cm³/mol. The quantitative estimate of drug-likeness (QED) is 0.193. The van der Waals surface area contributed by atoms with Gasteiger partial charge in [0.1, 0.15) is 17.2 Å². The van der Waals surface area contributed by atoms with Gasteiger partial charge in [0, 0.05) is 0 Å². The largest absolute Gasteiger partial charge is 0.353 e. The lowest BCUT2D eigenvalue weighted by atomic mass is 9.64. The second-order valence-corrected chi connectivity index (χ2v) is 12.0. The first-order chi connectivity index (χ1) is 16.8. The van der Waals surface area contributed by atoms with Crippen LogP contribution in [0, 0.1) is 41.2 Å². The van der Waals surface area contributed by atoms with Crippen molar-refractivity contribution in [1.82, 2.24) is 0 Å². The van der Waals surface area contributed by atoms with E-state index in [0.717, 1.165) is 61.5 Å². The van der Waals surface area contributed by atoms with Gasteiger partial charge in [-0.1, -0.05) is 25.0 Å². The summed E-state index contributed by atoms with van der Waals surface area (Å²) in [4.78, 5) is 0. The van der Waals surface area contributed by atoms with Crippen molar-refractivity contribution in [1.29, 1.82) is 0 Å². The minimum Gasteiger partial charge on any atom is -0.206 e. The molecule has 3 fully saturated rings. The monoisotopic (exact) mass is 512 g/mol. The van der Waals surface area contributed by atoms with E-state index in [2.05, 4.69) is 19.1 Å². The van der Waals surface area contributed by atoms with E-state index in [1.54, 1.807) is 0 Å². The zero-order valence-electron chi connectivity index (χ0n) is 21.1. The fraction of sp³-hybridized carbons (Fsp3) is 0.733. The van der Waals surface area contributed by atoms with Crippen LogP contribution < -0.4 is 0 Å². The third-order valence-corrected chi connectivity index (χ3v) is 9.80. The van der Waals surface area contributed by atoms with Crippen molar-refractivity contribution in [3.8, 4) is 0 Å². The summed E-state index contributed by atoms with van der Waals surface area (Å²) in [5, 5.41) is -4.03. The summed E-state index contributed by atoms with van der Waals surface area (Å²) in [6.07, 6.45) is 22.0. The van der Waals surface area contributed by atoms with Crippen LogP contribution in [0.1, 0.15) is 114 Å². The molecule has 35 heavy (non-hydrogen) atoms. The number of hydrogen-bond acceptors (Lipinski definition) is 0. The maximum atomic E-state index is 14.2. The van der Waals surface area contributed by atoms with Crippen LogP contribution in [-0.4, -0.2) is 0 Å². The average molecular weight is 513 g/mol. The van der Waals surface area contributed by atoms with E-state index >= 15 is 0 Å². The molecule has 0 bridgehead atoms. The molecule has 3 aliphatic rings. The van der Waals surface area contributed by atoms with Crippen molar-refractivity contribution in [3.63, 3.8) is 0 Å². The Balaban J connectivity index is 1.22. The molecule has 0 aliphatic heterocycles. The molecule has 0 saturated heterocycles. The Morgan fingerprint density at radius 3 is 1.63 bits per heavy atom. The topological polar surface area (TPSA) is 0 Å². The summed E-state index contributed by atoms with van der Waals surface area (Å²) >= 11 is 4.89. The minimum atomic E-state index is -4.03. The number of rotatable bonds is 7. The summed E-state index contributed by atoms with van der Waals surface area (Å²) in [5.74, 6) is 1.78. The van der Waals surface area contributed by atoms with Crippen LogP contribution in [0.15, 0.2) is 24.3 Å². The third kappa shape index (κ3) is 6.84. The van der Waals surface area contributed by atoms with E-state index in [1.807, 2.05) is 0 Å². The molecule has 3 saturated carbocycles. The molecule has 0 radical (unpaired) electrons. The molecular formula is C30H41ClF4. The minimum absolute atomic E-state index is 0.0348. The first kappa shape index (κ1) is 27.0. The Labute approximate surface area is 213 Å². The van der Waals surface area contributed by atoms with Crippen LogP contribution in [0.5, 0.6) is 0 Å². The third-order valence-electron chi connectivity index (χ3n) is 9.61. The average Bonchev–Trinajstić information content (AvgIpc) is 2.84.